The Morgan fingerprint density at radius 2 is 2.00 bits per heavy atom. The fourth-order valence-corrected chi connectivity index (χ4v) is 1.84. The van der Waals surface area contributed by atoms with Crippen LogP contribution in [0.1, 0.15) is 30.0 Å². The predicted molar refractivity (Wildman–Crippen MR) is 74.0 cm³/mol. The molecule has 1 aromatic carbocycles. The fraction of sp³-hybridized carbons (Fsp3) is 0.467. The maximum atomic E-state index is 11.5. The van der Waals surface area contributed by atoms with E-state index < -0.39 is 11.9 Å². The van der Waals surface area contributed by atoms with Crippen LogP contribution in [0.3, 0.4) is 0 Å². The number of amides is 1. The minimum absolute atomic E-state index is 0.0299. The first kappa shape index (κ1) is 15.2. The lowest BCUT2D eigenvalue weighted by Gasteiger charge is -2.10. The molecule has 1 unspecified atom stereocenters. The van der Waals surface area contributed by atoms with Crippen LogP contribution >= 0.6 is 0 Å². The van der Waals surface area contributed by atoms with E-state index in [9.17, 15) is 9.59 Å². The van der Waals surface area contributed by atoms with E-state index in [4.69, 9.17) is 5.11 Å². The van der Waals surface area contributed by atoms with Crippen LogP contribution in [0, 0.1) is 19.8 Å². The number of hydrogen-bond acceptors (Lipinski definition) is 2. The number of aryl methyl sites for hydroxylation is 2. The molecule has 1 rings (SSSR count). The summed E-state index contributed by atoms with van der Waals surface area (Å²) in [6.07, 6.45) is 0.794. The van der Waals surface area contributed by atoms with Gasteiger partial charge in [0.25, 0.3) is 0 Å². The number of carbonyl (C=O) groups excluding carboxylic acids is 1. The van der Waals surface area contributed by atoms with Gasteiger partial charge < -0.3 is 10.4 Å². The van der Waals surface area contributed by atoms with Crippen molar-refractivity contribution in [1.82, 2.24) is 5.32 Å². The molecule has 1 amide bonds. The molecular formula is C15H21NO3. The molecule has 0 bridgehead atoms. The number of hydrogen-bond donors (Lipinski definition) is 2. The minimum Gasteiger partial charge on any atom is -0.481 e. The molecular weight excluding hydrogens is 242 g/mol. The zero-order valence-corrected chi connectivity index (χ0v) is 11.7. The Kier molecular flexibility index (Phi) is 5.55. The number of nitrogens with one attached hydrogen (secondary N) is 1. The molecule has 0 fully saturated rings. The standard InChI is InChI=1S/C15H21NO3/c1-10-4-5-11(2)13(8-10)6-7-16-14(17)9-12(3)15(18)19/h4-5,8,12H,6-7,9H2,1-3H3,(H,16,17)(H,18,19). The van der Waals surface area contributed by atoms with Crippen LogP contribution < -0.4 is 5.32 Å². The number of carboxylic acid groups (broad SMARTS) is 1. The summed E-state index contributed by atoms with van der Waals surface area (Å²) in [6, 6.07) is 6.24. The average molecular weight is 263 g/mol. The van der Waals surface area contributed by atoms with E-state index in [1.807, 2.05) is 13.8 Å². The van der Waals surface area contributed by atoms with Gasteiger partial charge in [-0.1, -0.05) is 30.7 Å². The van der Waals surface area contributed by atoms with E-state index in [0.717, 1.165) is 6.42 Å². The molecule has 0 radical (unpaired) electrons. The van der Waals surface area contributed by atoms with Gasteiger partial charge in [-0.05, 0) is 31.4 Å². The van der Waals surface area contributed by atoms with Gasteiger partial charge >= 0.3 is 5.97 Å². The zero-order valence-electron chi connectivity index (χ0n) is 11.7. The van der Waals surface area contributed by atoms with Crippen LogP contribution in [0.25, 0.3) is 0 Å². The summed E-state index contributed by atoms with van der Waals surface area (Å²) in [5.41, 5.74) is 3.62. The van der Waals surface area contributed by atoms with Gasteiger partial charge in [0, 0.05) is 13.0 Å². The second kappa shape index (κ2) is 6.92. The molecule has 0 saturated heterocycles. The highest BCUT2D eigenvalue weighted by Crippen LogP contribution is 2.10. The van der Waals surface area contributed by atoms with E-state index in [0.29, 0.717) is 6.54 Å². The summed E-state index contributed by atoms with van der Waals surface area (Å²) in [6.45, 7) is 6.15. The van der Waals surface area contributed by atoms with Crippen LogP contribution in [0.4, 0.5) is 0 Å². The largest absolute Gasteiger partial charge is 0.481 e. The van der Waals surface area contributed by atoms with E-state index >= 15 is 0 Å². The maximum Gasteiger partial charge on any atom is 0.306 e. The van der Waals surface area contributed by atoms with Gasteiger partial charge in [0.1, 0.15) is 0 Å². The molecule has 2 N–H and O–H groups in total. The Balaban J connectivity index is 2.40. The van der Waals surface area contributed by atoms with E-state index in [-0.39, 0.29) is 12.3 Å². The van der Waals surface area contributed by atoms with Crippen molar-refractivity contribution < 1.29 is 14.7 Å². The number of carbonyl (C=O) groups is 2. The molecule has 0 aliphatic carbocycles. The summed E-state index contributed by atoms with van der Waals surface area (Å²) in [5.74, 6) is -1.79. The van der Waals surface area contributed by atoms with Gasteiger partial charge in [-0.15, -0.1) is 0 Å². The molecule has 0 aliphatic heterocycles. The van der Waals surface area contributed by atoms with Gasteiger partial charge in [0.15, 0.2) is 0 Å². The van der Waals surface area contributed by atoms with Crippen molar-refractivity contribution in [2.75, 3.05) is 6.54 Å². The van der Waals surface area contributed by atoms with Crippen molar-refractivity contribution in [2.24, 2.45) is 5.92 Å². The normalized spacial score (nSPS) is 11.9. The molecule has 4 nitrogen and oxygen atoms in total. The van der Waals surface area contributed by atoms with Crippen LogP contribution in [0.15, 0.2) is 18.2 Å². The van der Waals surface area contributed by atoms with Crippen molar-refractivity contribution >= 4 is 11.9 Å². The van der Waals surface area contributed by atoms with Crippen molar-refractivity contribution in [3.63, 3.8) is 0 Å². The molecule has 104 valence electrons. The van der Waals surface area contributed by atoms with Gasteiger partial charge in [0.2, 0.25) is 5.91 Å². The topological polar surface area (TPSA) is 66.4 Å². The molecule has 1 atom stereocenters. The highest BCUT2D eigenvalue weighted by atomic mass is 16.4. The highest BCUT2D eigenvalue weighted by Gasteiger charge is 2.15. The third-order valence-electron chi connectivity index (χ3n) is 3.13. The molecule has 0 aliphatic rings. The molecule has 0 heterocycles. The molecule has 1 aromatic rings. The number of benzene rings is 1. The lowest BCUT2D eigenvalue weighted by molar-refractivity contribution is -0.143. The SMILES string of the molecule is Cc1ccc(C)c(CCNC(=O)CC(C)C(=O)O)c1. The third-order valence-corrected chi connectivity index (χ3v) is 3.13. The lowest BCUT2D eigenvalue weighted by atomic mass is 10.0. The first-order chi connectivity index (χ1) is 8.90. The van der Waals surface area contributed by atoms with Gasteiger partial charge in [-0.3, -0.25) is 9.59 Å². The third kappa shape index (κ3) is 5.12. The Hall–Kier alpha value is -1.84. The fourth-order valence-electron chi connectivity index (χ4n) is 1.84. The van der Waals surface area contributed by atoms with Crippen molar-refractivity contribution in [2.45, 2.75) is 33.6 Å². The van der Waals surface area contributed by atoms with Crippen molar-refractivity contribution in [3.05, 3.63) is 34.9 Å². The van der Waals surface area contributed by atoms with E-state index in [2.05, 4.69) is 23.5 Å². The molecule has 0 saturated carbocycles. The Morgan fingerprint density at radius 1 is 1.32 bits per heavy atom. The Labute approximate surface area is 113 Å². The average Bonchev–Trinajstić information content (AvgIpc) is 2.33. The Morgan fingerprint density at radius 3 is 2.63 bits per heavy atom. The van der Waals surface area contributed by atoms with Crippen molar-refractivity contribution in [1.29, 1.82) is 0 Å². The van der Waals surface area contributed by atoms with Crippen molar-refractivity contribution in [3.8, 4) is 0 Å². The van der Waals surface area contributed by atoms with Gasteiger partial charge in [-0.25, -0.2) is 0 Å². The van der Waals surface area contributed by atoms with Crippen LogP contribution in [-0.4, -0.2) is 23.5 Å². The first-order valence-electron chi connectivity index (χ1n) is 6.45. The summed E-state index contributed by atoms with van der Waals surface area (Å²) in [4.78, 5) is 22.2. The molecule has 4 heteroatoms. The van der Waals surface area contributed by atoms with Crippen LogP contribution in [0.5, 0.6) is 0 Å². The van der Waals surface area contributed by atoms with Gasteiger partial charge in [0.05, 0.1) is 5.92 Å². The summed E-state index contributed by atoms with van der Waals surface area (Å²) in [5, 5.41) is 11.5. The summed E-state index contributed by atoms with van der Waals surface area (Å²) < 4.78 is 0. The number of carboxylic acids is 1. The predicted octanol–water partition coefficient (Wildman–Crippen LogP) is 2.07. The van der Waals surface area contributed by atoms with Crippen LogP contribution in [0.2, 0.25) is 0 Å². The minimum atomic E-state index is -0.940. The number of rotatable bonds is 6. The molecule has 19 heavy (non-hydrogen) atoms. The highest BCUT2D eigenvalue weighted by molar-refractivity contribution is 5.81. The summed E-state index contributed by atoms with van der Waals surface area (Å²) in [7, 11) is 0. The van der Waals surface area contributed by atoms with Gasteiger partial charge in [-0.2, -0.15) is 0 Å². The maximum absolute atomic E-state index is 11.5. The second-order valence-electron chi connectivity index (χ2n) is 4.97. The zero-order chi connectivity index (χ0) is 14.4. The van der Waals surface area contributed by atoms with E-state index in [1.54, 1.807) is 0 Å². The second-order valence-corrected chi connectivity index (χ2v) is 4.97. The van der Waals surface area contributed by atoms with Crippen LogP contribution in [-0.2, 0) is 16.0 Å². The quantitative estimate of drug-likeness (QED) is 0.825. The monoisotopic (exact) mass is 263 g/mol. The summed E-state index contributed by atoms with van der Waals surface area (Å²) >= 11 is 0. The van der Waals surface area contributed by atoms with E-state index in [1.165, 1.54) is 23.6 Å². The lowest BCUT2D eigenvalue weighted by Crippen LogP contribution is -2.29. The smallest absolute Gasteiger partial charge is 0.306 e. The Bertz CT molecular complexity index is 468. The molecule has 0 aromatic heterocycles. The molecule has 0 spiro atoms. The first-order valence-corrected chi connectivity index (χ1v) is 6.45. The number of aliphatic carboxylic acids is 1.